The monoisotopic (exact) mass is 396 g/mol. The number of benzene rings is 1. The van der Waals surface area contributed by atoms with Crippen LogP contribution < -0.4 is 16.8 Å². The largest absolute Gasteiger partial charge is 0.419 e. The fourth-order valence-electron chi connectivity index (χ4n) is 3.36. The Morgan fingerprint density at radius 3 is 2.89 bits per heavy atom. The van der Waals surface area contributed by atoms with Crippen LogP contribution in [-0.2, 0) is 21.9 Å². The van der Waals surface area contributed by atoms with Crippen molar-refractivity contribution in [1.82, 2.24) is 14.2 Å². The first-order valence-corrected chi connectivity index (χ1v) is 10.4. The minimum absolute atomic E-state index is 0.0736. The van der Waals surface area contributed by atoms with E-state index in [2.05, 4.69) is 5.32 Å². The molecule has 2 heterocycles. The van der Waals surface area contributed by atoms with E-state index in [1.54, 1.807) is 13.1 Å². The lowest BCUT2D eigenvalue weighted by molar-refractivity contribution is -0.121. The molecule has 0 radical (unpaired) electrons. The zero-order valence-corrected chi connectivity index (χ0v) is 16.0. The third kappa shape index (κ3) is 3.92. The molecule has 1 amide bonds. The van der Waals surface area contributed by atoms with Gasteiger partial charge in [-0.3, -0.25) is 9.36 Å². The lowest BCUT2D eigenvalue weighted by atomic mass is 10.1. The molecule has 1 fully saturated rings. The number of nitrogens with two attached hydrogens (primary N) is 1. The number of nitrogens with zero attached hydrogens (tertiary/aromatic N) is 2. The summed E-state index contributed by atoms with van der Waals surface area (Å²) in [6.45, 7) is 0.887. The Morgan fingerprint density at radius 2 is 2.15 bits per heavy atom. The molecule has 10 heteroatoms. The second-order valence-electron chi connectivity index (χ2n) is 6.66. The van der Waals surface area contributed by atoms with Crippen LogP contribution in [0.3, 0.4) is 0 Å². The Morgan fingerprint density at radius 1 is 1.37 bits per heavy atom. The minimum atomic E-state index is -3.78. The number of amides is 1. The molecular formula is C17H24N4O5S. The van der Waals surface area contributed by atoms with Crippen LogP contribution in [0.2, 0.25) is 0 Å². The number of hydrogen-bond donors (Lipinski definition) is 2. The topological polar surface area (TPSA) is 128 Å². The molecule has 0 saturated carbocycles. The first kappa shape index (κ1) is 19.6. The maximum Gasteiger partial charge on any atom is 0.419 e. The number of sulfonamides is 1. The van der Waals surface area contributed by atoms with E-state index in [-0.39, 0.29) is 41.9 Å². The van der Waals surface area contributed by atoms with Crippen molar-refractivity contribution in [2.24, 2.45) is 12.8 Å². The van der Waals surface area contributed by atoms with Crippen LogP contribution in [0, 0.1) is 0 Å². The summed E-state index contributed by atoms with van der Waals surface area (Å²) in [5.74, 6) is -0.731. The van der Waals surface area contributed by atoms with Crippen molar-refractivity contribution in [3.63, 3.8) is 0 Å². The molecule has 2 aromatic rings. The highest BCUT2D eigenvalue weighted by Crippen LogP contribution is 2.27. The second-order valence-corrected chi connectivity index (χ2v) is 8.56. The third-order valence-electron chi connectivity index (χ3n) is 4.85. The van der Waals surface area contributed by atoms with Gasteiger partial charge < -0.3 is 15.5 Å². The zero-order chi connectivity index (χ0) is 19.6. The highest BCUT2D eigenvalue weighted by molar-refractivity contribution is 7.89. The number of aryl methyl sites for hydroxylation is 1. The first-order chi connectivity index (χ1) is 12.8. The molecule has 1 aromatic heterocycles. The molecule has 1 saturated heterocycles. The maximum absolute atomic E-state index is 13.2. The average Bonchev–Trinajstić information content (AvgIpc) is 2.94. The molecule has 1 aliphatic rings. The summed E-state index contributed by atoms with van der Waals surface area (Å²) in [7, 11) is -2.22. The number of rotatable bonds is 6. The fourth-order valence-corrected chi connectivity index (χ4v) is 5.06. The molecule has 3 rings (SSSR count). The number of carbonyl (C=O) groups is 1. The fraction of sp³-hybridized carbons (Fsp3) is 0.529. The first-order valence-electron chi connectivity index (χ1n) is 8.93. The number of piperidine rings is 1. The van der Waals surface area contributed by atoms with Gasteiger partial charge in [-0.15, -0.1) is 0 Å². The van der Waals surface area contributed by atoms with Crippen molar-refractivity contribution in [2.45, 2.75) is 36.6 Å². The number of carbonyl (C=O) groups excluding carboxylic acids is 1. The van der Waals surface area contributed by atoms with Crippen LogP contribution in [0.15, 0.2) is 32.3 Å². The summed E-state index contributed by atoms with van der Waals surface area (Å²) >= 11 is 0. The van der Waals surface area contributed by atoms with Crippen LogP contribution in [0.4, 0.5) is 0 Å². The average molecular weight is 396 g/mol. The van der Waals surface area contributed by atoms with Gasteiger partial charge in [-0.2, -0.15) is 4.31 Å². The lowest BCUT2D eigenvalue weighted by Crippen LogP contribution is -2.49. The van der Waals surface area contributed by atoms with Crippen molar-refractivity contribution in [3.05, 3.63) is 28.7 Å². The Hall–Kier alpha value is -2.17. The summed E-state index contributed by atoms with van der Waals surface area (Å²) in [5.41, 5.74) is 6.13. The smallest absolute Gasteiger partial charge is 0.408 e. The molecule has 1 aromatic carbocycles. The van der Waals surface area contributed by atoms with Gasteiger partial charge in [0.1, 0.15) is 0 Å². The predicted molar refractivity (Wildman–Crippen MR) is 99.7 cm³/mol. The van der Waals surface area contributed by atoms with Crippen LogP contribution in [-0.4, -0.2) is 48.9 Å². The number of nitrogens with one attached hydrogen (secondary N) is 1. The van der Waals surface area contributed by atoms with Crippen molar-refractivity contribution < 1.29 is 17.6 Å². The standard InChI is InChI=1S/C17H24N4O5S/c1-20-14-6-5-13(10-15(14)26-17(20)23)27(24,25)21-9-3-2-4-12(21)11-19-16(22)7-8-18/h5-6,10,12H,2-4,7-9,11,18H2,1H3,(H,19,22). The number of aromatic nitrogens is 1. The van der Waals surface area contributed by atoms with E-state index in [0.29, 0.717) is 18.5 Å². The van der Waals surface area contributed by atoms with Gasteiger partial charge in [-0.05, 0) is 25.0 Å². The van der Waals surface area contributed by atoms with Gasteiger partial charge in [0.05, 0.1) is 10.4 Å². The van der Waals surface area contributed by atoms with Gasteiger partial charge in [0, 0.05) is 45.2 Å². The van der Waals surface area contributed by atoms with Crippen LogP contribution in [0.5, 0.6) is 0 Å². The van der Waals surface area contributed by atoms with E-state index in [9.17, 15) is 18.0 Å². The molecule has 0 bridgehead atoms. The van der Waals surface area contributed by atoms with Crippen molar-refractivity contribution >= 4 is 27.0 Å². The zero-order valence-electron chi connectivity index (χ0n) is 15.2. The Kier molecular flexibility index (Phi) is 5.68. The molecular weight excluding hydrogens is 372 g/mol. The number of hydrogen-bond acceptors (Lipinski definition) is 6. The summed E-state index contributed by atoms with van der Waals surface area (Å²) in [6, 6.07) is 4.11. The van der Waals surface area contributed by atoms with Gasteiger partial charge in [-0.25, -0.2) is 13.2 Å². The van der Waals surface area contributed by atoms with Gasteiger partial charge in [-0.1, -0.05) is 6.42 Å². The van der Waals surface area contributed by atoms with E-state index in [4.69, 9.17) is 10.2 Å². The van der Waals surface area contributed by atoms with E-state index < -0.39 is 15.8 Å². The SMILES string of the molecule is Cn1c(=O)oc2cc(S(=O)(=O)N3CCCCC3CNC(=O)CCN)ccc21. The lowest BCUT2D eigenvalue weighted by Gasteiger charge is -2.34. The molecule has 148 valence electrons. The number of oxazole rings is 1. The molecule has 1 unspecified atom stereocenters. The van der Waals surface area contributed by atoms with E-state index in [1.807, 2.05) is 0 Å². The summed E-state index contributed by atoms with van der Waals surface area (Å²) < 4.78 is 34.2. The molecule has 9 nitrogen and oxygen atoms in total. The Labute approximate surface area is 157 Å². The van der Waals surface area contributed by atoms with Crippen LogP contribution in [0.1, 0.15) is 25.7 Å². The quantitative estimate of drug-likeness (QED) is 0.715. The third-order valence-corrected chi connectivity index (χ3v) is 6.80. The molecule has 0 aliphatic carbocycles. The Bertz CT molecular complexity index is 994. The van der Waals surface area contributed by atoms with Gasteiger partial charge in [0.2, 0.25) is 15.9 Å². The molecule has 3 N–H and O–H groups in total. The van der Waals surface area contributed by atoms with Crippen LogP contribution >= 0.6 is 0 Å². The summed E-state index contributed by atoms with van der Waals surface area (Å²) in [5, 5.41) is 2.76. The van der Waals surface area contributed by atoms with Gasteiger partial charge in [0.25, 0.3) is 0 Å². The molecule has 1 atom stereocenters. The second kappa shape index (κ2) is 7.83. The van der Waals surface area contributed by atoms with E-state index >= 15 is 0 Å². The Balaban J connectivity index is 1.87. The highest BCUT2D eigenvalue weighted by Gasteiger charge is 2.34. The van der Waals surface area contributed by atoms with Gasteiger partial charge >= 0.3 is 5.76 Å². The normalized spacial score (nSPS) is 18.7. The summed E-state index contributed by atoms with van der Waals surface area (Å²) in [6.07, 6.45) is 2.54. The molecule has 0 spiro atoms. The van der Waals surface area contributed by atoms with Crippen molar-refractivity contribution in [3.8, 4) is 0 Å². The van der Waals surface area contributed by atoms with Crippen molar-refractivity contribution in [1.29, 1.82) is 0 Å². The van der Waals surface area contributed by atoms with E-state index in [1.165, 1.54) is 21.0 Å². The maximum atomic E-state index is 13.2. The molecule has 1 aliphatic heterocycles. The minimum Gasteiger partial charge on any atom is -0.408 e. The molecule has 27 heavy (non-hydrogen) atoms. The van der Waals surface area contributed by atoms with Crippen molar-refractivity contribution in [2.75, 3.05) is 19.6 Å². The van der Waals surface area contributed by atoms with Gasteiger partial charge in [0.15, 0.2) is 5.58 Å². The highest BCUT2D eigenvalue weighted by atomic mass is 32.2. The van der Waals surface area contributed by atoms with Crippen LogP contribution in [0.25, 0.3) is 11.1 Å². The summed E-state index contributed by atoms with van der Waals surface area (Å²) in [4.78, 5) is 23.4. The predicted octanol–water partition coefficient (Wildman–Crippen LogP) is 0.140. The van der Waals surface area contributed by atoms with E-state index in [0.717, 1.165) is 12.8 Å². The number of fused-ring (bicyclic) bond motifs is 1.